The van der Waals surface area contributed by atoms with E-state index in [4.69, 9.17) is 0 Å². The third-order valence-corrected chi connectivity index (χ3v) is 9.19. The number of hydrogen-bond acceptors (Lipinski definition) is 2. The Kier molecular flexibility index (Phi) is 5.01. The Morgan fingerprint density at radius 2 is 0.893 bits per heavy atom. The fourth-order valence-corrected chi connectivity index (χ4v) is 8.12. The Bertz CT molecular complexity index is 986. The van der Waals surface area contributed by atoms with E-state index < -0.39 is 7.26 Å². The average Bonchev–Trinajstić information content (AvgIpc) is 2.77. The lowest BCUT2D eigenvalue weighted by Gasteiger charge is -2.27. The Morgan fingerprint density at radius 3 is 1.29 bits per heavy atom. The third-order valence-electron chi connectivity index (χ3n) is 4.87. The molecular weight excluding hydrogens is 365 g/mol. The molecule has 0 aromatic heterocycles. The van der Waals surface area contributed by atoms with Crippen LogP contribution < -0.4 is 21.2 Å². The second kappa shape index (κ2) is 7.75. The van der Waals surface area contributed by atoms with Gasteiger partial charge in [0.25, 0.3) is 0 Å². The van der Waals surface area contributed by atoms with E-state index in [1.807, 2.05) is 66.7 Å². The predicted molar refractivity (Wildman–Crippen MR) is 118 cm³/mol. The summed E-state index contributed by atoms with van der Waals surface area (Å²) in [5, 5.41) is 16.0. The second-order valence-corrected chi connectivity index (χ2v) is 9.80. The first-order valence-electron chi connectivity index (χ1n) is 9.04. The molecule has 0 aliphatic carbocycles. The molecule has 0 aliphatic rings. The van der Waals surface area contributed by atoms with Crippen LogP contribution in [-0.4, -0.2) is 4.92 Å². The number of benzene rings is 4. The number of nitro groups is 1. The molecule has 0 aliphatic heterocycles. The van der Waals surface area contributed by atoms with Crippen LogP contribution in [0.15, 0.2) is 115 Å². The largest absolute Gasteiger partial charge is 0.312 e. The van der Waals surface area contributed by atoms with E-state index in [9.17, 15) is 10.1 Å². The quantitative estimate of drug-likeness (QED) is 0.294. The summed E-state index contributed by atoms with van der Waals surface area (Å²) >= 11 is 0. The number of para-hydroxylation sites is 1. The lowest BCUT2D eigenvalue weighted by Crippen LogP contribution is -2.39. The van der Waals surface area contributed by atoms with Crippen LogP contribution >= 0.6 is 7.26 Å². The second-order valence-electron chi connectivity index (χ2n) is 6.42. The first-order chi connectivity index (χ1) is 13.7. The molecule has 0 amide bonds. The van der Waals surface area contributed by atoms with E-state index in [0.717, 1.165) is 21.2 Å². The molecular formula is C24H19NO2P+. The van der Waals surface area contributed by atoms with Crippen molar-refractivity contribution >= 4 is 34.2 Å². The maximum absolute atomic E-state index is 12.0. The van der Waals surface area contributed by atoms with Crippen molar-refractivity contribution in [1.29, 1.82) is 0 Å². The molecule has 0 atom stereocenters. The van der Waals surface area contributed by atoms with Gasteiger partial charge in [0.1, 0.15) is 15.9 Å². The van der Waals surface area contributed by atoms with Gasteiger partial charge >= 0.3 is 5.69 Å². The maximum Gasteiger partial charge on any atom is 0.312 e. The highest BCUT2D eigenvalue weighted by Crippen LogP contribution is 2.55. The Labute approximate surface area is 164 Å². The summed E-state index contributed by atoms with van der Waals surface area (Å²) in [5.74, 6) is 0. The highest BCUT2D eigenvalue weighted by molar-refractivity contribution is 8.01. The lowest BCUT2D eigenvalue weighted by atomic mass is 10.3. The minimum absolute atomic E-state index is 0.160. The summed E-state index contributed by atoms with van der Waals surface area (Å²) in [6, 6.07) is 37.6. The Balaban J connectivity index is 2.19. The zero-order valence-corrected chi connectivity index (χ0v) is 16.1. The highest BCUT2D eigenvalue weighted by atomic mass is 31.2. The van der Waals surface area contributed by atoms with Crippen LogP contribution in [0.2, 0.25) is 0 Å². The molecule has 0 spiro atoms. The molecule has 4 rings (SSSR count). The van der Waals surface area contributed by atoms with Gasteiger partial charge in [0.15, 0.2) is 12.6 Å². The van der Waals surface area contributed by atoms with Crippen LogP contribution in [-0.2, 0) is 0 Å². The third kappa shape index (κ3) is 3.00. The van der Waals surface area contributed by atoms with Crippen molar-refractivity contribution in [3.8, 4) is 0 Å². The standard InChI is InChI=1S/C24H19NO2P/c26-25(27)23-18-10-11-19-24(23)28(20-12-4-1-5-13-20,21-14-6-2-7-15-21)22-16-8-3-9-17-22/h1-19H/q+1. The molecule has 0 N–H and O–H groups in total. The lowest BCUT2D eigenvalue weighted by molar-refractivity contribution is -0.383. The molecule has 0 fully saturated rings. The summed E-state index contributed by atoms with van der Waals surface area (Å²) in [5.41, 5.74) is 0.160. The fourth-order valence-electron chi connectivity index (χ4n) is 3.72. The summed E-state index contributed by atoms with van der Waals surface area (Å²) in [4.78, 5) is 11.7. The number of nitrogens with zero attached hydrogens (tertiary/aromatic N) is 1. The number of rotatable bonds is 5. The van der Waals surface area contributed by atoms with Crippen molar-refractivity contribution in [1.82, 2.24) is 0 Å². The first kappa shape index (κ1) is 18.1. The van der Waals surface area contributed by atoms with Crippen LogP contribution in [0.5, 0.6) is 0 Å². The Morgan fingerprint density at radius 1 is 0.536 bits per heavy atom. The van der Waals surface area contributed by atoms with Crippen LogP contribution in [0, 0.1) is 10.1 Å². The minimum Gasteiger partial charge on any atom is -0.258 e. The summed E-state index contributed by atoms with van der Waals surface area (Å²) < 4.78 is 0. The van der Waals surface area contributed by atoms with Gasteiger partial charge < -0.3 is 0 Å². The zero-order chi connectivity index (χ0) is 19.4. The van der Waals surface area contributed by atoms with Crippen molar-refractivity contribution in [2.75, 3.05) is 0 Å². The van der Waals surface area contributed by atoms with Crippen molar-refractivity contribution in [2.45, 2.75) is 0 Å². The number of nitro benzene ring substituents is 1. The molecule has 0 heterocycles. The van der Waals surface area contributed by atoms with Crippen molar-refractivity contribution < 1.29 is 4.92 Å². The van der Waals surface area contributed by atoms with Gasteiger partial charge in [-0.25, -0.2) is 0 Å². The van der Waals surface area contributed by atoms with Crippen LogP contribution in [0.1, 0.15) is 0 Å². The van der Waals surface area contributed by atoms with E-state index in [2.05, 4.69) is 36.4 Å². The van der Waals surface area contributed by atoms with Crippen molar-refractivity contribution in [2.24, 2.45) is 0 Å². The highest BCUT2D eigenvalue weighted by Gasteiger charge is 2.51. The molecule has 4 aromatic rings. The van der Waals surface area contributed by atoms with Gasteiger partial charge in [-0.05, 0) is 42.5 Å². The van der Waals surface area contributed by atoms with Crippen LogP contribution in [0.25, 0.3) is 0 Å². The SMILES string of the molecule is O=[N+]([O-])c1ccccc1[P+](c1ccccc1)(c1ccccc1)c1ccccc1. The number of hydrogen-bond donors (Lipinski definition) is 0. The molecule has 0 bridgehead atoms. The van der Waals surface area contributed by atoms with Gasteiger partial charge in [-0.1, -0.05) is 66.7 Å². The van der Waals surface area contributed by atoms with Crippen LogP contribution in [0.4, 0.5) is 5.69 Å². The van der Waals surface area contributed by atoms with E-state index in [1.165, 1.54) is 0 Å². The summed E-state index contributed by atoms with van der Waals surface area (Å²) in [6.07, 6.45) is 0. The van der Waals surface area contributed by atoms with Gasteiger partial charge in [-0.2, -0.15) is 0 Å². The molecule has 28 heavy (non-hydrogen) atoms. The molecule has 4 aromatic carbocycles. The van der Waals surface area contributed by atoms with Gasteiger partial charge in [-0.15, -0.1) is 0 Å². The van der Waals surface area contributed by atoms with Gasteiger partial charge in [0, 0.05) is 6.07 Å². The van der Waals surface area contributed by atoms with E-state index >= 15 is 0 Å². The Hall–Kier alpha value is -3.29. The molecule has 4 heteroatoms. The molecule has 0 radical (unpaired) electrons. The van der Waals surface area contributed by atoms with Crippen molar-refractivity contribution in [3.05, 3.63) is 125 Å². The molecule has 0 saturated heterocycles. The van der Waals surface area contributed by atoms with Gasteiger partial charge in [-0.3, -0.25) is 10.1 Å². The zero-order valence-electron chi connectivity index (χ0n) is 15.2. The van der Waals surface area contributed by atoms with Gasteiger partial charge in [0.05, 0.1) is 4.92 Å². The average molecular weight is 384 g/mol. The normalized spacial score (nSPS) is 11.1. The summed E-state index contributed by atoms with van der Waals surface area (Å²) in [7, 11) is -2.44. The van der Waals surface area contributed by atoms with E-state index in [1.54, 1.807) is 12.1 Å². The molecule has 136 valence electrons. The fraction of sp³-hybridized carbons (Fsp3) is 0. The molecule has 0 unspecified atom stereocenters. The molecule has 3 nitrogen and oxygen atoms in total. The van der Waals surface area contributed by atoms with E-state index in [0.29, 0.717) is 0 Å². The molecule has 0 saturated carbocycles. The van der Waals surface area contributed by atoms with Crippen LogP contribution in [0.3, 0.4) is 0 Å². The first-order valence-corrected chi connectivity index (χ1v) is 10.8. The minimum atomic E-state index is -2.44. The van der Waals surface area contributed by atoms with Gasteiger partial charge in [0.2, 0.25) is 0 Å². The van der Waals surface area contributed by atoms with Crippen molar-refractivity contribution in [3.63, 3.8) is 0 Å². The summed E-state index contributed by atoms with van der Waals surface area (Å²) in [6.45, 7) is 0. The maximum atomic E-state index is 12.0. The predicted octanol–water partition coefficient (Wildman–Crippen LogP) is 4.21. The topological polar surface area (TPSA) is 43.1 Å². The monoisotopic (exact) mass is 384 g/mol. The van der Waals surface area contributed by atoms with E-state index in [-0.39, 0.29) is 10.6 Å². The smallest absolute Gasteiger partial charge is 0.258 e.